The van der Waals surface area contributed by atoms with Gasteiger partial charge >= 0.3 is 0 Å². The first-order chi connectivity index (χ1) is 15.5. The minimum Gasteiger partial charge on any atom is -0.508 e. The van der Waals surface area contributed by atoms with Crippen molar-refractivity contribution in [2.75, 3.05) is 27.2 Å². The third-order valence-electron chi connectivity index (χ3n) is 5.66. The van der Waals surface area contributed by atoms with Gasteiger partial charge < -0.3 is 19.8 Å². The molecule has 1 aliphatic rings. The van der Waals surface area contributed by atoms with Gasteiger partial charge in [0.05, 0.1) is 0 Å². The zero-order valence-corrected chi connectivity index (χ0v) is 18.7. The molecule has 1 fully saturated rings. The summed E-state index contributed by atoms with van der Waals surface area (Å²) >= 11 is 0. The molecule has 1 saturated carbocycles. The van der Waals surface area contributed by atoms with E-state index < -0.39 is 6.10 Å². The number of allylic oxidation sites excluding steroid dienone is 1. The second kappa shape index (κ2) is 10.0. The first kappa shape index (κ1) is 22.1. The molecule has 0 radical (unpaired) electrons. The van der Waals surface area contributed by atoms with Crippen molar-refractivity contribution in [1.29, 1.82) is 0 Å². The molecule has 1 atom stereocenters. The second-order valence-corrected chi connectivity index (χ2v) is 8.73. The Morgan fingerprint density at radius 2 is 1.47 bits per heavy atom. The van der Waals surface area contributed by atoms with E-state index in [2.05, 4.69) is 36.4 Å². The van der Waals surface area contributed by atoms with Gasteiger partial charge in [-0.3, -0.25) is 0 Å². The number of hydrogen-bond acceptors (Lipinski definition) is 4. The maximum Gasteiger partial charge on any atom is 0.119 e. The summed E-state index contributed by atoms with van der Waals surface area (Å²) in [4.78, 5) is 1.94. The van der Waals surface area contributed by atoms with Crippen LogP contribution in [-0.2, 0) is 0 Å². The zero-order valence-electron chi connectivity index (χ0n) is 18.7. The van der Waals surface area contributed by atoms with E-state index in [0.29, 0.717) is 12.5 Å². The van der Waals surface area contributed by atoms with Crippen LogP contribution in [0.4, 0.5) is 0 Å². The van der Waals surface area contributed by atoms with E-state index in [0.717, 1.165) is 16.9 Å². The van der Waals surface area contributed by atoms with Crippen LogP contribution in [0.15, 0.2) is 78.9 Å². The van der Waals surface area contributed by atoms with Gasteiger partial charge in [0, 0.05) is 6.54 Å². The number of nitrogens with zero attached hydrogens (tertiary/aromatic N) is 1. The van der Waals surface area contributed by atoms with Crippen LogP contribution >= 0.6 is 0 Å². The molecule has 1 unspecified atom stereocenters. The number of ether oxygens (including phenoxy) is 1. The summed E-state index contributed by atoms with van der Waals surface area (Å²) in [5.74, 6) is 1.54. The molecular weight excluding hydrogens is 398 g/mol. The molecule has 2 N–H and O–H groups in total. The van der Waals surface area contributed by atoms with E-state index in [1.54, 1.807) is 12.1 Å². The summed E-state index contributed by atoms with van der Waals surface area (Å²) in [5.41, 5.74) is 5.99. The molecule has 0 spiro atoms. The predicted octanol–water partition coefficient (Wildman–Crippen LogP) is 5.06. The van der Waals surface area contributed by atoms with Crippen LogP contribution in [0.1, 0.15) is 29.5 Å². The average molecular weight is 430 g/mol. The van der Waals surface area contributed by atoms with E-state index in [-0.39, 0.29) is 12.4 Å². The van der Waals surface area contributed by atoms with Crippen LogP contribution in [0.5, 0.6) is 11.5 Å². The second-order valence-electron chi connectivity index (χ2n) is 8.73. The van der Waals surface area contributed by atoms with Crippen LogP contribution in [0.2, 0.25) is 0 Å². The Morgan fingerprint density at radius 3 is 2.03 bits per heavy atom. The standard InChI is InChI=1S/C28H31NO3/c1-29(2)18-25(31)19-32-26-16-12-23(13-17-26)28(22-10-14-24(30)15-11-22)27(21-8-9-21)20-6-4-3-5-7-20/h3-7,10-17,21,25,30-31H,8-9,18-19H2,1-2H3/b28-27-. The van der Waals surface area contributed by atoms with Crippen LogP contribution in [0.3, 0.4) is 0 Å². The molecule has 0 aromatic heterocycles. The minimum absolute atomic E-state index is 0.259. The van der Waals surface area contributed by atoms with Crippen molar-refractivity contribution in [2.24, 2.45) is 5.92 Å². The summed E-state index contributed by atoms with van der Waals surface area (Å²) in [7, 11) is 3.86. The molecule has 4 rings (SSSR count). The molecule has 0 aliphatic heterocycles. The first-order valence-electron chi connectivity index (χ1n) is 11.2. The molecule has 3 aromatic rings. The lowest BCUT2D eigenvalue weighted by Gasteiger charge is -2.19. The predicted molar refractivity (Wildman–Crippen MR) is 130 cm³/mol. The van der Waals surface area contributed by atoms with E-state index >= 15 is 0 Å². The van der Waals surface area contributed by atoms with Gasteiger partial charge in [-0.2, -0.15) is 0 Å². The van der Waals surface area contributed by atoms with Gasteiger partial charge in [0.15, 0.2) is 0 Å². The monoisotopic (exact) mass is 429 g/mol. The Balaban J connectivity index is 1.69. The molecule has 0 bridgehead atoms. The van der Waals surface area contributed by atoms with Gasteiger partial charge in [0.25, 0.3) is 0 Å². The van der Waals surface area contributed by atoms with E-state index in [1.807, 2.05) is 49.3 Å². The summed E-state index contributed by atoms with van der Waals surface area (Å²) < 4.78 is 5.80. The maximum atomic E-state index is 10.1. The van der Waals surface area contributed by atoms with Gasteiger partial charge in [0.2, 0.25) is 0 Å². The molecule has 0 amide bonds. The van der Waals surface area contributed by atoms with E-state index in [4.69, 9.17) is 4.74 Å². The fourth-order valence-electron chi connectivity index (χ4n) is 4.06. The summed E-state index contributed by atoms with van der Waals surface area (Å²) in [6, 6.07) is 26.1. The van der Waals surface area contributed by atoms with Gasteiger partial charge in [-0.15, -0.1) is 0 Å². The van der Waals surface area contributed by atoms with Crippen molar-refractivity contribution in [1.82, 2.24) is 4.90 Å². The highest BCUT2D eigenvalue weighted by molar-refractivity contribution is 6.00. The molecule has 4 nitrogen and oxygen atoms in total. The van der Waals surface area contributed by atoms with Crippen molar-refractivity contribution >= 4 is 11.1 Å². The molecular formula is C28H31NO3. The number of benzene rings is 3. The lowest BCUT2D eigenvalue weighted by molar-refractivity contribution is 0.0831. The third-order valence-corrected chi connectivity index (χ3v) is 5.66. The molecule has 0 heterocycles. The number of rotatable bonds is 9. The number of likely N-dealkylation sites (N-methyl/N-ethyl adjacent to an activating group) is 1. The van der Waals surface area contributed by atoms with Gasteiger partial charge in [0.1, 0.15) is 24.2 Å². The lowest BCUT2D eigenvalue weighted by atomic mass is 9.87. The highest BCUT2D eigenvalue weighted by atomic mass is 16.5. The largest absolute Gasteiger partial charge is 0.508 e. The fourth-order valence-corrected chi connectivity index (χ4v) is 4.06. The quantitative estimate of drug-likeness (QED) is 0.467. The Kier molecular flexibility index (Phi) is 6.93. The van der Waals surface area contributed by atoms with Crippen LogP contribution in [0, 0.1) is 5.92 Å². The number of aliphatic hydroxyl groups excluding tert-OH is 1. The molecule has 4 heteroatoms. The van der Waals surface area contributed by atoms with Crippen molar-refractivity contribution in [3.05, 3.63) is 95.6 Å². The molecule has 32 heavy (non-hydrogen) atoms. The van der Waals surface area contributed by atoms with Crippen LogP contribution in [-0.4, -0.2) is 48.5 Å². The number of aromatic hydroxyl groups is 1. The smallest absolute Gasteiger partial charge is 0.119 e. The van der Waals surface area contributed by atoms with E-state index in [1.165, 1.54) is 29.6 Å². The highest BCUT2D eigenvalue weighted by Gasteiger charge is 2.30. The Morgan fingerprint density at radius 1 is 0.875 bits per heavy atom. The zero-order chi connectivity index (χ0) is 22.5. The topological polar surface area (TPSA) is 52.9 Å². The SMILES string of the molecule is CN(C)CC(O)COc1ccc(/C(=C(/c2ccccc2)C2CC2)c2ccc(O)cc2)cc1. The normalized spacial score (nSPS) is 15.4. The molecule has 1 aliphatic carbocycles. The number of phenolic OH excluding ortho intramolecular Hbond substituents is 1. The van der Waals surface area contributed by atoms with Gasteiger partial charge in [-0.1, -0.05) is 54.6 Å². The van der Waals surface area contributed by atoms with Gasteiger partial charge in [-0.05, 0) is 85.0 Å². The van der Waals surface area contributed by atoms with Crippen molar-refractivity contribution in [2.45, 2.75) is 18.9 Å². The third kappa shape index (κ3) is 5.58. The summed E-state index contributed by atoms with van der Waals surface area (Å²) in [6.45, 7) is 0.823. The number of phenols is 1. The highest BCUT2D eigenvalue weighted by Crippen LogP contribution is 2.47. The maximum absolute atomic E-state index is 10.1. The van der Waals surface area contributed by atoms with Gasteiger partial charge in [-0.25, -0.2) is 0 Å². The Labute approximate surface area is 190 Å². The molecule has 166 valence electrons. The van der Waals surface area contributed by atoms with Crippen molar-refractivity contribution in [3.63, 3.8) is 0 Å². The Hall–Kier alpha value is -3.08. The van der Waals surface area contributed by atoms with E-state index in [9.17, 15) is 10.2 Å². The summed E-state index contributed by atoms with van der Waals surface area (Å²) in [6.07, 6.45) is 1.85. The molecule has 3 aromatic carbocycles. The number of hydrogen-bond donors (Lipinski definition) is 2. The van der Waals surface area contributed by atoms with Crippen molar-refractivity contribution in [3.8, 4) is 11.5 Å². The fraction of sp³-hybridized carbons (Fsp3) is 0.286. The summed E-state index contributed by atoms with van der Waals surface area (Å²) in [5, 5.41) is 19.9. The number of aliphatic hydroxyl groups is 1. The minimum atomic E-state index is -0.531. The lowest BCUT2D eigenvalue weighted by Crippen LogP contribution is -2.30. The Bertz CT molecular complexity index is 1040. The van der Waals surface area contributed by atoms with Crippen molar-refractivity contribution < 1.29 is 14.9 Å². The van der Waals surface area contributed by atoms with Crippen LogP contribution in [0.25, 0.3) is 11.1 Å². The average Bonchev–Trinajstić information content (AvgIpc) is 3.62. The molecule has 0 saturated heterocycles. The first-order valence-corrected chi connectivity index (χ1v) is 11.2. The van der Waals surface area contributed by atoms with Crippen LogP contribution < -0.4 is 4.74 Å².